The van der Waals surface area contributed by atoms with E-state index in [4.69, 9.17) is 5.26 Å². The van der Waals surface area contributed by atoms with E-state index in [-0.39, 0.29) is 48.9 Å². The van der Waals surface area contributed by atoms with Crippen LogP contribution in [0.3, 0.4) is 0 Å². The second-order valence-electron chi connectivity index (χ2n) is 5.45. The number of hydrogen-bond acceptors (Lipinski definition) is 4. The quantitative estimate of drug-likeness (QED) is 0.687. The Morgan fingerprint density at radius 2 is 1.95 bits per heavy atom. The first-order valence-corrected chi connectivity index (χ1v) is 7.02. The lowest BCUT2D eigenvalue weighted by molar-refractivity contribution is -0.141. The molecule has 0 spiro atoms. The molecule has 1 saturated heterocycles. The zero-order valence-electron chi connectivity index (χ0n) is 11.7. The second-order valence-corrected chi connectivity index (χ2v) is 5.45. The van der Waals surface area contributed by atoms with Gasteiger partial charge in [-0.2, -0.15) is 5.26 Å². The molecule has 2 aliphatic rings. The molecule has 0 aromatic carbocycles. The van der Waals surface area contributed by atoms with Gasteiger partial charge in [0.25, 0.3) is 0 Å². The van der Waals surface area contributed by atoms with Crippen molar-refractivity contribution in [2.24, 2.45) is 11.8 Å². The fourth-order valence-electron chi connectivity index (χ4n) is 3.02. The van der Waals surface area contributed by atoms with Crippen molar-refractivity contribution in [1.29, 1.82) is 5.26 Å². The van der Waals surface area contributed by atoms with Crippen molar-refractivity contribution in [1.82, 2.24) is 9.80 Å². The molecule has 0 bridgehead atoms. The lowest BCUT2D eigenvalue weighted by Gasteiger charge is -2.19. The van der Waals surface area contributed by atoms with E-state index in [1.165, 1.54) is 9.80 Å². The van der Waals surface area contributed by atoms with Gasteiger partial charge in [-0.1, -0.05) is 6.42 Å². The van der Waals surface area contributed by atoms with Gasteiger partial charge in [-0.05, 0) is 12.8 Å². The number of carbonyl (C=O) groups is 3. The van der Waals surface area contributed by atoms with Crippen molar-refractivity contribution in [3.8, 4) is 6.07 Å². The molecule has 108 valence electrons. The van der Waals surface area contributed by atoms with Crippen molar-refractivity contribution in [2.45, 2.75) is 32.1 Å². The minimum Gasteiger partial charge on any atom is -0.345 e. The minimum atomic E-state index is -0.145. The summed E-state index contributed by atoms with van der Waals surface area (Å²) in [6.07, 6.45) is 2.95. The van der Waals surface area contributed by atoms with Crippen LogP contribution in [0.15, 0.2) is 0 Å². The molecular formula is C14H19N3O3. The Morgan fingerprint density at radius 3 is 2.50 bits per heavy atom. The Hall–Kier alpha value is -1.90. The first-order valence-electron chi connectivity index (χ1n) is 7.02. The zero-order chi connectivity index (χ0) is 14.7. The van der Waals surface area contributed by atoms with Gasteiger partial charge in [0, 0.05) is 26.6 Å². The van der Waals surface area contributed by atoms with Crippen molar-refractivity contribution >= 4 is 17.7 Å². The third kappa shape index (κ3) is 2.67. The average molecular weight is 277 g/mol. The summed E-state index contributed by atoms with van der Waals surface area (Å²) in [4.78, 5) is 38.7. The van der Waals surface area contributed by atoms with Crippen molar-refractivity contribution < 1.29 is 14.4 Å². The Balaban J connectivity index is 1.85. The van der Waals surface area contributed by atoms with E-state index in [0.717, 1.165) is 19.3 Å². The van der Waals surface area contributed by atoms with Crippen LogP contribution in [0.2, 0.25) is 0 Å². The molecule has 0 N–H and O–H groups in total. The molecule has 1 aliphatic heterocycles. The number of carbonyl (C=O) groups excluding carboxylic acids is 3. The summed E-state index contributed by atoms with van der Waals surface area (Å²) in [5.74, 6) is -0.643. The molecule has 2 rings (SSSR count). The van der Waals surface area contributed by atoms with E-state index in [0.29, 0.717) is 6.54 Å². The highest BCUT2D eigenvalue weighted by molar-refractivity contribution is 6.05. The fraction of sp³-hybridized carbons (Fsp3) is 0.714. The number of nitriles is 1. The summed E-state index contributed by atoms with van der Waals surface area (Å²) < 4.78 is 0. The summed E-state index contributed by atoms with van der Waals surface area (Å²) >= 11 is 0. The topological polar surface area (TPSA) is 81.5 Å². The molecule has 3 amide bonds. The Labute approximate surface area is 118 Å². The van der Waals surface area contributed by atoms with Crippen molar-refractivity contribution in [3.63, 3.8) is 0 Å². The maximum absolute atomic E-state index is 12.1. The second kappa shape index (κ2) is 6.04. The number of rotatable bonds is 5. The number of likely N-dealkylation sites (tertiary alicyclic amines) is 1. The highest BCUT2D eigenvalue weighted by Gasteiger charge is 2.49. The molecule has 1 aliphatic carbocycles. The highest BCUT2D eigenvalue weighted by atomic mass is 16.2. The van der Waals surface area contributed by atoms with Crippen LogP contribution in [0.5, 0.6) is 0 Å². The normalized spacial score (nSPS) is 24.7. The first kappa shape index (κ1) is 14.5. The number of imide groups is 1. The van der Waals surface area contributed by atoms with E-state index in [2.05, 4.69) is 0 Å². The van der Waals surface area contributed by atoms with Crippen LogP contribution in [-0.4, -0.2) is 47.7 Å². The largest absolute Gasteiger partial charge is 0.345 e. The maximum Gasteiger partial charge on any atom is 0.233 e. The van der Waals surface area contributed by atoms with Crippen LogP contribution in [0.25, 0.3) is 0 Å². The van der Waals surface area contributed by atoms with Crippen LogP contribution in [-0.2, 0) is 14.4 Å². The summed E-state index contributed by atoms with van der Waals surface area (Å²) in [6, 6.07) is 1.98. The minimum absolute atomic E-state index is 0.107. The summed E-state index contributed by atoms with van der Waals surface area (Å²) in [5, 5.41) is 8.48. The number of amides is 3. The predicted molar refractivity (Wildman–Crippen MR) is 70.0 cm³/mol. The zero-order valence-corrected chi connectivity index (χ0v) is 11.7. The average Bonchev–Trinajstić information content (AvgIpc) is 3.00. The number of fused-ring (bicyclic) bond motifs is 1. The van der Waals surface area contributed by atoms with Gasteiger partial charge >= 0.3 is 0 Å². The van der Waals surface area contributed by atoms with Gasteiger partial charge < -0.3 is 4.90 Å². The van der Waals surface area contributed by atoms with Crippen molar-refractivity contribution in [3.05, 3.63) is 0 Å². The third-order valence-electron chi connectivity index (χ3n) is 4.22. The Kier molecular flexibility index (Phi) is 4.38. The third-order valence-corrected chi connectivity index (χ3v) is 4.22. The molecule has 2 unspecified atom stereocenters. The molecular weight excluding hydrogens is 258 g/mol. The Morgan fingerprint density at radius 1 is 1.35 bits per heavy atom. The molecule has 0 aromatic rings. The first-order chi connectivity index (χ1) is 9.56. The standard InChI is InChI=1S/C14H19N3O3/c1-16(8-3-7-15)12(18)6-9-17-13(19)10-4-2-5-11(10)14(17)20/h10-11H,2-6,8-9H2,1H3. The summed E-state index contributed by atoms with van der Waals surface area (Å²) in [7, 11) is 1.63. The maximum atomic E-state index is 12.1. The fourth-order valence-corrected chi connectivity index (χ4v) is 3.02. The smallest absolute Gasteiger partial charge is 0.233 e. The van der Waals surface area contributed by atoms with Crippen LogP contribution in [0.1, 0.15) is 32.1 Å². The van der Waals surface area contributed by atoms with Crippen LogP contribution >= 0.6 is 0 Å². The van der Waals surface area contributed by atoms with Gasteiger partial charge in [0.2, 0.25) is 17.7 Å². The monoisotopic (exact) mass is 277 g/mol. The summed E-state index contributed by atoms with van der Waals surface area (Å²) in [6.45, 7) is 0.545. The molecule has 0 aromatic heterocycles. The van der Waals surface area contributed by atoms with E-state index in [1.807, 2.05) is 6.07 Å². The highest BCUT2D eigenvalue weighted by Crippen LogP contribution is 2.39. The molecule has 1 saturated carbocycles. The molecule has 2 atom stereocenters. The number of nitrogens with zero attached hydrogens (tertiary/aromatic N) is 3. The van der Waals surface area contributed by atoms with Gasteiger partial charge in [-0.15, -0.1) is 0 Å². The Bertz CT molecular complexity index is 447. The van der Waals surface area contributed by atoms with E-state index < -0.39 is 0 Å². The molecule has 2 fully saturated rings. The van der Waals surface area contributed by atoms with Crippen LogP contribution in [0.4, 0.5) is 0 Å². The van der Waals surface area contributed by atoms with Crippen LogP contribution < -0.4 is 0 Å². The molecule has 6 nitrogen and oxygen atoms in total. The van der Waals surface area contributed by atoms with Gasteiger partial charge in [-0.3, -0.25) is 19.3 Å². The van der Waals surface area contributed by atoms with Gasteiger partial charge in [-0.25, -0.2) is 0 Å². The molecule has 6 heteroatoms. The number of hydrogen-bond donors (Lipinski definition) is 0. The van der Waals surface area contributed by atoms with E-state index in [9.17, 15) is 14.4 Å². The van der Waals surface area contributed by atoms with E-state index in [1.54, 1.807) is 7.05 Å². The van der Waals surface area contributed by atoms with Crippen LogP contribution in [0, 0.1) is 23.2 Å². The predicted octanol–water partition coefficient (Wildman–Crippen LogP) is 0.534. The SMILES string of the molecule is CN(CCC#N)C(=O)CCN1C(=O)C2CCCC2C1=O. The molecule has 1 heterocycles. The van der Waals surface area contributed by atoms with Gasteiger partial charge in [0.15, 0.2) is 0 Å². The summed E-state index contributed by atoms with van der Waals surface area (Å²) in [5.41, 5.74) is 0. The molecule has 20 heavy (non-hydrogen) atoms. The van der Waals surface area contributed by atoms with Gasteiger partial charge in [0.1, 0.15) is 0 Å². The van der Waals surface area contributed by atoms with Crippen molar-refractivity contribution in [2.75, 3.05) is 20.1 Å². The lowest BCUT2D eigenvalue weighted by atomic mass is 10.00. The molecule has 0 radical (unpaired) electrons. The lowest BCUT2D eigenvalue weighted by Crippen LogP contribution is -2.36. The van der Waals surface area contributed by atoms with Gasteiger partial charge in [0.05, 0.1) is 24.3 Å². The van der Waals surface area contributed by atoms with E-state index >= 15 is 0 Å².